The Kier molecular flexibility index (Phi) is 6.17. The summed E-state index contributed by atoms with van der Waals surface area (Å²) in [5.41, 5.74) is 0.525. The summed E-state index contributed by atoms with van der Waals surface area (Å²) in [6.07, 6.45) is 1.57. The SMILES string of the molecule is COc1ccc(CN(C)C(=O)c2cnc(C(C)(C)C)s2)cc1OC(F)F. The van der Waals surface area contributed by atoms with Gasteiger partial charge in [-0.3, -0.25) is 4.79 Å². The maximum absolute atomic E-state index is 12.6. The maximum Gasteiger partial charge on any atom is 0.387 e. The Morgan fingerprint density at radius 3 is 2.54 bits per heavy atom. The highest BCUT2D eigenvalue weighted by atomic mass is 32.1. The molecular weight excluding hydrogens is 362 g/mol. The third kappa shape index (κ3) is 4.91. The van der Waals surface area contributed by atoms with E-state index in [9.17, 15) is 13.6 Å². The molecule has 0 saturated carbocycles. The topological polar surface area (TPSA) is 51.7 Å². The van der Waals surface area contributed by atoms with E-state index < -0.39 is 6.61 Å². The highest BCUT2D eigenvalue weighted by Gasteiger charge is 2.22. The number of alkyl halides is 2. The fraction of sp³-hybridized carbons (Fsp3) is 0.444. The lowest BCUT2D eigenvalue weighted by Gasteiger charge is -2.18. The van der Waals surface area contributed by atoms with E-state index in [2.05, 4.69) is 9.72 Å². The molecule has 0 unspecified atom stereocenters. The number of halogens is 2. The molecule has 2 aromatic rings. The number of methoxy groups -OCH3 is 1. The van der Waals surface area contributed by atoms with Gasteiger partial charge in [0.05, 0.1) is 18.3 Å². The molecule has 0 aliphatic carbocycles. The molecule has 1 heterocycles. The molecule has 0 saturated heterocycles. The molecule has 0 spiro atoms. The number of hydrogen-bond donors (Lipinski definition) is 0. The van der Waals surface area contributed by atoms with Gasteiger partial charge in [-0.15, -0.1) is 11.3 Å². The first-order chi connectivity index (χ1) is 12.1. The average molecular weight is 384 g/mol. The lowest BCUT2D eigenvalue weighted by Crippen LogP contribution is -2.25. The molecule has 2 rings (SSSR count). The van der Waals surface area contributed by atoms with Crippen molar-refractivity contribution in [1.29, 1.82) is 0 Å². The van der Waals surface area contributed by atoms with Crippen molar-refractivity contribution in [1.82, 2.24) is 9.88 Å². The van der Waals surface area contributed by atoms with Crippen molar-refractivity contribution in [2.75, 3.05) is 14.2 Å². The third-order valence-corrected chi connectivity index (χ3v) is 4.98. The van der Waals surface area contributed by atoms with Crippen LogP contribution in [0.25, 0.3) is 0 Å². The van der Waals surface area contributed by atoms with Gasteiger partial charge in [0.15, 0.2) is 11.5 Å². The first-order valence-electron chi connectivity index (χ1n) is 7.95. The van der Waals surface area contributed by atoms with Crippen molar-refractivity contribution in [2.24, 2.45) is 0 Å². The minimum absolute atomic E-state index is 0.0614. The van der Waals surface area contributed by atoms with Crippen LogP contribution in [0.15, 0.2) is 24.4 Å². The summed E-state index contributed by atoms with van der Waals surface area (Å²) in [5.74, 6) is -0.0286. The second-order valence-electron chi connectivity index (χ2n) is 6.80. The van der Waals surface area contributed by atoms with Gasteiger partial charge in [-0.1, -0.05) is 26.8 Å². The molecule has 0 bridgehead atoms. The zero-order valence-electron chi connectivity index (χ0n) is 15.4. The van der Waals surface area contributed by atoms with Crippen molar-refractivity contribution in [2.45, 2.75) is 39.3 Å². The number of carbonyl (C=O) groups excluding carboxylic acids is 1. The quantitative estimate of drug-likeness (QED) is 0.744. The molecule has 5 nitrogen and oxygen atoms in total. The van der Waals surface area contributed by atoms with Gasteiger partial charge in [-0.2, -0.15) is 8.78 Å². The lowest BCUT2D eigenvalue weighted by atomic mass is 9.98. The molecule has 1 aromatic heterocycles. The van der Waals surface area contributed by atoms with E-state index in [0.29, 0.717) is 10.4 Å². The number of carbonyl (C=O) groups is 1. The van der Waals surface area contributed by atoms with E-state index >= 15 is 0 Å². The van der Waals surface area contributed by atoms with Gasteiger partial charge in [0.1, 0.15) is 4.88 Å². The van der Waals surface area contributed by atoms with Gasteiger partial charge < -0.3 is 14.4 Å². The standard InChI is InChI=1S/C18H22F2N2O3S/c1-18(2,3)16-21-9-14(26-16)15(23)22(4)10-11-6-7-12(24-5)13(8-11)25-17(19)20/h6-9,17H,10H2,1-5H3. The molecule has 0 radical (unpaired) electrons. The molecule has 8 heteroatoms. The van der Waals surface area contributed by atoms with Crippen molar-refractivity contribution < 1.29 is 23.0 Å². The van der Waals surface area contributed by atoms with E-state index in [0.717, 1.165) is 5.01 Å². The molecule has 0 atom stereocenters. The summed E-state index contributed by atoms with van der Waals surface area (Å²) in [5, 5.41) is 0.881. The smallest absolute Gasteiger partial charge is 0.387 e. The van der Waals surface area contributed by atoms with E-state index in [4.69, 9.17) is 4.74 Å². The van der Waals surface area contributed by atoms with Crippen LogP contribution in [0.4, 0.5) is 8.78 Å². The molecule has 0 N–H and O–H groups in total. The summed E-state index contributed by atoms with van der Waals surface area (Å²) in [6.45, 7) is 3.39. The number of ether oxygens (including phenoxy) is 2. The molecule has 1 amide bonds. The number of hydrogen-bond acceptors (Lipinski definition) is 5. The van der Waals surface area contributed by atoms with Crippen molar-refractivity contribution in [3.05, 3.63) is 39.8 Å². The van der Waals surface area contributed by atoms with Crippen LogP contribution >= 0.6 is 11.3 Å². The summed E-state index contributed by atoms with van der Waals surface area (Å²) < 4.78 is 34.5. The van der Waals surface area contributed by atoms with Crippen molar-refractivity contribution >= 4 is 17.2 Å². The monoisotopic (exact) mass is 384 g/mol. The molecule has 0 fully saturated rings. The van der Waals surface area contributed by atoms with Crippen LogP contribution in [-0.2, 0) is 12.0 Å². The minimum atomic E-state index is -2.95. The molecular formula is C18H22F2N2O3S. The largest absolute Gasteiger partial charge is 0.493 e. The molecule has 26 heavy (non-hydrogen) atoms. The first-order valence-corrected chi connectivity index (χ1v) is 8.77. The Hall–Kier alpha value is -2.22. The summed E-state index contributed by atoms with van der Waals surface area (Å²) >= 11 is 1.36. The number of rotatable bonds is 6. The van der Waals surface area contributed by atoms with Crippen LogP contribution in [0.2, 0.25) is 0 Å². The maximum atomic E-state index is 12.6. The van der Waals surface area contributed by atoms with Gasteiger partial charge in [0.25, 0.3) is 5.91 Å². The fourth-order valence-electron chi connectivity index (χ4n) is 2.26. The number of amides is 1. The van der Waals surface area contributed by atoms with Crippen LogP contribution < -0.4 is 9.47 Å². The zero-order valence-corrected chi connectivity index (χ0v) is 16.2. The molecule has 0 aliphatic heterocycles. The first kappa shape index (κ1) is 20.1. The summed E-state index contributed by atoms with van der Waals surface area (Å²) in [4.78, 5) is 19.0. The Morgan fingerprint density at radius 2 is 2.00 bits per heavy atom. The highest BCUT2D eigenvalue weighted by molar-refractivity contribution is 7.13. The Balaban J connectivity index is 2.14. The second kappa shape index (κ2) is 7.99. The van der Waals surface area contributed by atoms with E-state index in [1.807, 2.05) is 20.8 Å². The lowest BCUT2D eigenvalue weighted by molar-refractivity contribution is -0.0512. The Labute approximate surface area is 155 Å². The molecule has 1 aromatic carbocycles. The van der Waals surface area contributed by atoms with Crippen LogP contribution in [-0.4, -0.2) is 36.6 Å². The second-order valence-corrected chi connectivity index (χ2v) is 7.84. The van der Waals surface area contributed by atoms with Crippen LogP contribution in [0, 0.1) is 0 Å². The number of benzene rings is 1. The average Bonchev–Trinajstić information content (AvgIpc) is 3.04. The zero-order chi connectivity index (χ0) is 19.5. The minimum Gasteiger partial charge on any atom is -0.493 e. The summed E-state index contributed by atoms with van der Waals surface area (Å²) in [6, 6.07) is 4.69. The van der Waals surface area contributed by atoms with Gasteiger partial charge in [-0.25, -0.2) is 4.98 Å². The molecule has 0 aliphatic rings. The van der Waals surface area contributed by atoms with Gasteiger partial charge in [0.2, 0.25) is 0 Å². The third-order valence-electron chi connectivity index (χ3n) is 3.57. The predicted molar refractivity (Wildman–Crippen MR) is 96.2 cm³/mol. The normalized spacial score (nSPS) is 11.5. The predicted octanol–water partition coefficient (Wildman–Crippen LogP) is 4.32. The number of nitrogens with zero attached hydrogens (tertiary/aromatic N) is 2. The van der Waals surface area contributed by atoms with Crippen molar-refractivity contribution in [3.8, 4) is 11.5 Å². The van der Waals surface area contributed by atoms with Crippen LogP contribution in [0.5, 0.6) is 11.5 Å². The van der Waals surface area contributed by atoms with Gasteiger partial charge >= 0.3 is 6.61 Å². The number of thiazole rings is 1. The van der Waals surface area contributed by atoms with Gasteiger partial charge in [0, 0.05) is 19.0 Å². The van der Waals surface area contributed by atoms with Crippen molar-refractivity contribution in [3.63, 3.8) is 0 Å². The van der Waals surface area contributed by atoms with Crippen LogP contribution in [0.3, 0.4) is 0 Å². The number of aromatic nitrogens is 1. The van der Waals surface area contributed by atoms with E-state index in [1.54, 1.807) is 19.3 Å². The highest BCUT2D eigenvalue weighted by Crippen LogP contribution is 2.31. The van der Waals surface area contributed by atoms with Gasteiger partial charge in [-0.05, 0) is 17.7 Å². The van der Waals surface area contributed by atoms with E-state index in [-0.39, 0.29) is 29.4 Å². The fourth-order valence-corrected chi connectivity index (χ4v) is 3.23. The Morgan fingerprint density at radius 1 is 1.31 bits per heavy atom. The van der Waals surface area contributed by atoms with E-state index in [1.165, 1.54) is 35.5 Å². The Bertz CT molecular complexity index is 772. The summed E-state index contributed by atoms with van der Waals surface area (Å²) in [7, 11) is 3.02. The molecule has 142 valence electrons. The van der Waals surface area contributed by atoms with Crippen LogP contribution in [0.1, 0.15) is 41.0 Å².